The molecule has 5 nitrogen and oxygen atoms in total. The van der Waals surface area contributed by atoms with Gasteiger partial charge in [-0.25, -0.2) is 0 Å². The van der Waals surface area contributed by atoms with Gasteiger partial charge in [0.15, 0.2) is 12.1 Å². The zero-order chi connectivity index (χ0) is 15.2. The van der Waals surface area contributed by atoms with Crippen LogP contribution in [0.25, 0.3) is 0 Å². The van der Waals surface area contributed by atoms with Crippen LogP contribution in [0.2, 0.25) is 0 Å². The molecule has 1 N–H and O–H groups in total. The number of methoxy groups -OCH3 is 1. The number of aliphatic hydroxyl groups excluding tert-OH is 1. The first-order valence-corrected chi connectivity index (χ1v) is 7.68. The lowest BCUT2D eigenvalue weighted by Crippen LogP contribution is -2.34. The molecule has 5 atom stereocenters. The number of rotatable bonds is 3. The molecule has 0 aromatic heterocycles. The molecule has 0 amide bonds. The van der Waals surface area contributed by atoms with E-state index in [1.165, 1.54) is 0 Å². The fourth-order valence-electron chi connectivity index (χ4n) is 2.88. The van der Waals surface area contributed by atoms with Crippen LogP contribution in [0, 0.1) is 0 Å². The normalized spacial score (nSPS) is 35.7. The van der Waals surface area contributed by atoms with E-state index in [2.05, 4.69) is 15.9 Å². The molecule has 116 valence electrons. The maximum atomic E-state index is 10.6. The third kappa shape index (κ3) is 2.88. The van der Waals surface area contributed by atoms with Gasteiger partial charge in [0.2, 0.25) is 0 Å². The van der Waals surface area contributed by atoms with Gasteiger partial charge in [0, 0.05) is 11.6 Å². The maximum absolute atomic E-state index is 10.6. The Morgan fingerprint density at radius 2 is 1.81 bits per heavy atom. The van der Waals surface area contributed by atoms with Crippen LogP contribution in [0.5, 0.6) is 0 Å². The Hall–Kier alpha value is -0.500. The Kier molecular flexibility index (Phi) is 4.11. The number of halogens is 1. The zero-order valence-corrected chi connectivity index (χ0v) is 13.7. The first-order valence-electron chi connectivity index (χ1n) is 6.89. The molecule has 0 radical (unpaired) electrons. The molecular weight excluding hydrogens is 340 g/mol. The molecular formula is C15H19BrO5. The molecule has 2 saturated heterocycles. The average molecular weight is 359 g/mol. The number of ether oxygens (including phenoxy) is 4. The average Bonchev–Trinajstić information content (AvgIpc) is 2.91. The van der Waals surface area contributed by atoms with Crippen molar-refractivity contribution in [2.24, 2.45) is 0 Å². The lowest BCUT2D eigenvalue weighted by molar-refractivity contribution is -0.237. The summed E-state index contributed by atoms with van der Waals surface area (Å²) in [7, 11) is 1.56. The minimum absolute atomic E-state index is 0.333. The largest absolute Gasteiger partial charge is 0.386 e. The number of hydrogen-bond acceptors (Lipinski definition) is 5. The third-order valence-corrected chi connectivity index (χ3v) is 4.33. The predicted octanol–water partition coefficient (Wildman–Crippen LogP) is 2.37. The van der Waals surface area contributed by atoms with Gasteiger partial charge in [0.1, 0.15) is 24.4 Å². The molecule has 3 rings (SSSR count). The van der Waals surface area contributed by atoms with E-state index < -0.39 is 24.3 Å². The molecule has 2 heterocycles. The van der Waals surface area contributed by atoms with E-state index in [-0.39, 0.29) is 12.2 Å². The van der Waals surface area contributed by atoms with E-state index in [4.69, 9.17) is 18.9 Å². The molecule has 0 bridgehead atoms. The van der Waals surface area contributed by atoms with E-state index in [0.29, 0.717) is 0 Å². The van der Waals surface area contributed by atoms with Gasteiger partial charge in [-0.05, 0) is 31.5 Å². The summed E-state index contributed by atoms with van der Waals surface area (Å²) in [5, 5.41) is 10.6. The summed E-state index contributed by atoms with van der Waals surface area (Å²) >= 11 is 3.38. The van der Waals surface area contributed by atoms with Crippen LogP contribution in [0.4, 0.5) is 0 Å². The predicted molar refractivity (Wildman–Crippen MR) is 78.6 cm³/mol. The molecule has 0 saturated carbocycles. The minimum Gasteiger partial charge on any atom is -0.386 e. The van der Waals surface area contributed by atoms with Gasteiger partial charge in [-0.3, -0.25) is 0 Å². The van der Waals surface area contributed by atoms with Crippen molar-refractivity contribution in [3.05, 3.63) is 34.3 Å². The fourth-order valence-corrected chi connectivity index (χ4v) is 3.15. The summed E-state index contributed by atoms with van der Waals surface area (Å²) in [4.78, 5) is 0. The molecule has 21 heavy (non-hydrogen) atoms. The van der Waals surface area contributed by atoms with Crippen molar-refractivity contribution < 1.29 is 24.1 Å². The van der Waals surface area contributed by atoms with Gasteiger partial charge in [-0.15, -0.1) is 0 Å². The van der Waals surface area contributed by atoms with Crippen molar-refractivity contribution >= 4 is 15.9 Å². The molecule has 2 fully saturated rings. The Bertz CT molecular complexity index is 503. The molecule has 2 aliphatic heterocycles. The van der Waals surface area contributed by atoms with Gasteiger partial charge >= 0.3 is 0 Å². The maximum Gasteiger partial charge on any atom is 0.186 e. The summed E-state index contributed by atoms with van der Waals surface area (Å²) in [6.07, 6.45) is -2.55. The van der Waals surface area contributed by atoms with Gasteiger partial charge < -0.3 is 24.1 Å². The topological polar surface area (TPSA) is 57.2 Å². The van der Waals surface area contributed by atoms with E-state index in [1.54, 1.807) is 7.11 Å². The second kappa shape index (κ2) is 5.61. The van der Waals surface area contributed by atoms with Crippen molar-refractivity contribution in [3.8, 4) is 0 Å². The first kappa shape index (κ1) is 15.4. The Morgan fingerprint density at radius 1 is 1.19 bits per heavy atom. The van der Waals surface area contributed by atoms with Crippen LogP contribution in [-0.2, 0) is 18.9 Å². The minimum atomic E-state index is -0.803. The van der Waals surface area contributed by atoms with Gasteiger partial charge in [-0.2, -0.15) is 0 Å². The zero-order valence-electron chi connectivity index (χ0n) is 12.2. The second-order valence-electron chi connectivity index (χ2n) is 5.77. The highest BCUT2D eigenvalue weighted by atomic mass is 79.9. The van der Waals surface area contributed by atoms with Crippen LogP contribution in [-0.4, -0.2) is 42.6 Å². The summed E-state index contributed by atoms with van der Waals surface area (Å²) in [6.45, 7) is 3.70. The van der Waals surface area contributed by atoms with Crippen molar-refractivity contribution in [2.45, 2.75) is 50.3 Å². The summed E-state index contributed by atoms with van der Waals surface area (Å²) in [5.74, 6) is -0.701. The highest BCUT2D eigenvalue weighted by molar-refractivity contribution is 9.10. The second-order valence-corrected chi connectivity index (χ2v) is 6.68. The van der Waals surface area contributed by atoms with E-state index in [0.717, 1.165) is 10.0 Å². The first-order chi connectivity index (χ1) is 9.91. The van der Waals surface area contributed by atoms with Crippen LogP contribution >= 0.6 is 15.9 Å². The van der Waals surface area contributed by atoms with Crippen molar-refractivity contribution in [3.63, 3.8) is 0 Å². The van der Waals surface area contributed by atoms with Crippen LogP contribution in [0.15, 0.2) is 28.7 Å². The molecule has 2 aliphatic rings. The van der Waals surface area contributed by atoms with Gasteiger partial charge in [-0.1, -0.05) is 28.1 Å². The van der Waals surface area contributed by atoms with Gasteiger partial charge in [0.25, 0.3) is 0 Å². The number of benzene rings is 1. The number of fused-ring (bicyclic) bond motifs is 1. The van der Waals surface area contributed by atoms with E-state index in [1.807, 2.05) is 38.1 Å². The van der Waals surface area contributed by atoms with Crippen molar-refractivity contribution in [1.82, 2.24) is 0 Å². The van der Waals surface area contributed by atoms with E-state index in [9.17, 15) is 5.11 Å². The highest BCUT2D eigenvalue weighted by Gasteiger charge is 2.57. The van der Waals surface area contributed by atoms with Crippen LogP contribution in [0.1, 0.15) is 25.5 Å². The van der Waals surface area contributed by atoms with Crippen LogP contribution in [0.3, 0.4) is 0 Å². The SMILES string of the molecule is CO[C@@H]1O[C@H]([C@@H](O)c2ccc(Br)cc2)[C@H]2OC(C)(C)O[C@@H]12. The molecule has 0 unspecified atom stereocenters. The molecule has 0 aliphatic carbocycles. The molecule has 6 heteroatoms. The molecule has 1 aromatic carbocycles. The number of hydrogen-bond donors (Lipinski definition) is 1. The lowest BCUT2D eigenvalue weighted by Gasteiger charge is -2.26. The lowest BCUT2D eigenvalue weighted by atomic mass is 9.99. The van der Waals surface area contributed by atoms with Crippen LogP contribution < -0.4 is 0 Å². The third-order valence-electron chi connectivity index (χ3n) is 3.80. The number of aliphatic hydroxyl groups is 1. The van der Waals surface area contributed by atoms with Crippen molar-refractivity contribution in [1.29, 1.82) is 0 Å². The standard InChI is InChI=1S/C15H19BrO5/c1-15(2)20-12-11(19-14(18-3)13(12)21-15)10(17)8-4-6-9(16)7-5-8/h4-7,10-14,17H,1-3H3/t10-,11+,12+,13+,14+/m0/s1. The Balaban J connectivity index is 1.83. The summed E-state index contributed by atoms with van der Waals surface area (Å²) in [5.41, 5.74) is 0.770. The highest BCUT2D eigenvalue weighted by Crippen LogP contribution is 2.42. The van der Waals surface area contributed by atoms with Crippen molar-refractivity contribution in [2.75, 3.05) is 7.11 Å². The van der Waals surface area contributed by atoms with E-state index >= 15 is 0 Å². The molecule has 0 spiro atoms. The van der Waals surface area contributed by atoms with Gasteiger partial charge in [0.05, 0.1) is 0 Å². The Morgan fingerprint density at radius 3 is 2.43 bits per heavy atom. The summed E-state index contributed by atoms with van der Waals surface area (Å²) in [6, 6.07) is 7.48. The monoisotopic (exact) mass is 358 g/mol. The quantitative estimate of drug-likeness (QED) is 0.898. The fraction of sp³-hybridized carbons (Fsp3) is 0.600. The summed E-state index contributed by atoms with van der Waals surface area (Å²) < 4.78 is 23.8. The Labute approximate surface area is 132 Å². The smallest absolute Gasteiger partial charge is 0.186 e. The molecule has 1 aromatic rings.